The van der Waals surface area contributed by atoms with Crippen molar-refractivity contribution in [1.29, 1.82) is 0 Å². The molecule has 5 aromatic rings. The van der Waals surface area contributed by atoms with E-state index in [1.807, 2.05) is 123 Å². The minimum Gasteiger partial charge on any atom is -0.462 e. The highest BCUT2D eigenvalue weighted by atomic mass is 16.5. The number of allylic oxidation sites excluding steroid dienone is 2. The quantitative estimate of drug-likeness (QED) is 0.133. The molecule has 5 aromatic carbocycles. The van der Waals surface area contributed by atoms with Gasteiger partial charge in [-0.1, -0.05) is 120 Å². The molecular weight excluding hydrogens is 622 g/mol. The predicted molar refractivity (Wildman–Crippen MR) is 192 cm³/mol. The van der Waals surface area contributed by atoms with Crippen LogP contribution in [0.3, 0.4) is 0 Å². The number of hydrogen-bond acceptors (Lipinski definition) is 5. The topological polar surface area (TPSA) is 80.8 Å². The number of aryl methyl sites for hydroxylation is 2. The molecule has 2 fully saturated rings. The van der Waals surface area contributed by atoms with Crippen LogP contribution in [0.1, 0.15) is 50.7 Å². The Morgan fingerprint density at radius 1 is 0.600 bits per heavy atom. The highest BCUT2D eigenvalue weighted by molar-refractivity contribution is 6.39. The molecule has 0 N–H and O–H groups in total. The Morgan fingerprint density at radius 3 is 1.42 bits per heavy atom. The fourth-order valence-corrected chi connectivity index (χ4v) is 8.78. The van der Waals surface area contributed by atoms with Gasteiger partial charge < -0.3 is 4.74 Å². The van der Waals surface area contributed by atoms with Crippen LogP contribution in [0, 0.1) is 25.7 Å². The van der Waals surface area contributed by atoms with Gasteiger partial charge in [0.25, 0.3) is 0 Å². The van der Waals surface area contributed by atoms with Crippen molar-refractivity contribution < 1.29 is 23.9 Å². The molecule has 6 nitrogen and oxygen atoms in total. The minimum absolute atomic E-state index is 0.164. The summed E-state index contributed by atoms with van der Waals surface area (Å²) in [6, 6.07) is 41.5. The summed E-state index contributed by atoms with van der Waals surface area (Å²) in [6.45, 7) is 5.99. The number of esters is 1. The molecule has 1 aliphatic heterocycles. The van der Waals surface area contributed by atoms with Crippen molar-refractivity contribution >= 4 is 40.4 Å². The second kappa shape index (κ2) is 11.6. The monoisotopic (exact) mass is 657 g/mol. The Bertz CT molecular complexity index is 2080. The number of carbonyl (C=O) groups excluding carboxylic acids is 4. The van der Waals surface area contributed by atoms with Crippen molar-refractivity contribution in [3.63, 3.8) is 0 Å². The van der Waals surface area contributed by atoms with Crippen LogP contribution in [0.4, 0.5) is 5.69 Å². The molecule has 1 heterocycles. The SMILES string of the molecule is CCOC(=O)c1ccc(N2C(=O)[C@@H]3[C@@H](C2=O)[C@@]2(c4ccccc4)C(=O)[C@@]3(c3ccccc3)C(c3ccc(C)cc3)=C2c2ccc(C)cc2)cc1. The highest BCUT2D eigenvalue weighted by Gasteiger charge is 2.82. The summed E-state index contributed by atoms with van der Waals surface area (Å²) >= 11 is 0. The summed E-state index contributed by atoms with van der Waals surface area (Å²) in [5.74, 6) is -3.58. The maximum absolute atomic E-state index is 16.0. The Balaban J connectivity index is 1.47. The number of ketones is 1. The number of rotatable bonds is 7. The molecule has 1 saturated carbocycles. The average Bonchev–Trinajstić information content (AvgIpc) is 3.65. The van der Waals surface area contributed by atoms with Crippen LogP contribution in [0.15, 0.2) is 133 Å². The van der Waals surface area contributed by atoms with E-state index in [1.54, 1.807) is 31.2 Å². The minimum atomic E-state index is -1.48. The lowest BCUT2D eigenvalue weighted by molar-refractivity contribution is -0.130. The smallest absolute Gasteiger partial charge is 0.338 e. The summed E-state index contributed by atoms with van der Waals surface area (Å²) in [6.07, 6.45) is 0. The van der Waals surface area contributed by atoms with Crippen LogP contribution in [-0.4, -0.2) is 30.2 Å². The van der Waals surface area contributed by atoms with Gasteiger partial charge in [-0.3, -0.25) is 14.4 Å². The Kier molecular flexibility index (Phi) is 7.30. The summed E-state index contributed by atoms with van der Waals surface area (Å²) in [7, 11) is 0. The molecule has 0 spiro atoms. The molecule has 2 aliphatic carbocycles. The first-order chi connectivity index (χ1) is 24.3. The zero-order chi connectivity index (χ0) is 34.8. The van der Waals surface area contributed by atoms with E-state index < -0.39 is 40.4 Å². The van der Waals surface area contributed by atoms with Crippen LogP contribution in [0.25, 0.3) is 11.1 Å². The number of anilines is 1. The number of nitrogens with zero attached hydrogens (tertiary/aromatic N) is 1. The molecule has 0 radical (unpaired) electrons. The summed E-state index contributed by atoms with van der Waals surface area (Å²) in [4.78, 5) is 60.1. The van der Waals surface area contributed by atoms with Gasteiger partial charge in [0.05, 0.1) is 40.5 Å². The second-order valence-corrected chi connectivity index (χ2v) is 13.4. The third kappa shape index (κ3) is 4.14. The van der Waals surface area contributed by atoms with Gasteiger partial charge in [0, 0.05) is 0 Å². The fraction of sp³-hybridized carbons (Fsp3) is 0.182. The number of carbonyl (C=O) groups is 4. The van der Waals surface area contributed by atoms with Gasteiger partial charge in [-0.05, 0) is 78.4 Å². The number of Topliss-reactive ketones (excluding diaryl/α,β-unsaturated/α-hetero) is 1. The van der Waals surface area contributed by atoms with Gasteiger partial charge in [0.2, 0.25) is 11.8 Å². The van der Waals surface area contributed by atoms with Crippen molar-refractivity contribution in [3.05, 3.63) is 172 Å². The van der Waals surface area contributed by atoms with Crippen LogP contribution >= 0.6 is 0 Å². The average molecular weight is 658 g/mol. The van der Waals surface area contributed by atoms with Crippen molar-refractivity contribution in [2.45, 2.75) is 31.6 Å². The first-order valence-corrected chi connectivity index (χ1v) is 17.0. The summed E-state index contributed by atoms with van der Waals surface area (Å²) in [5, 5.41) is 0. The number of hydrogen-bond donors (Lipinski definition) is 0. The lowest BCUT2D eigenvalue weighted by Gasteiger charge is -2.39. The fourth-order valence-electron chi connectivity index (χ4n) is 8.78. The Hall–Kier alpha value is -5.88. The van der Waals surface area contributed by atoms with E-state index in [0.29, 0.717) is 22.4 Å². The van der Waals surface area contributed by atoms with Gasteiger partial charge in [0.15, 0.2) is 5.78 Å². The van der Waals surface area contributed by atoms with Gasteiger partial charge >= 0.3 is 5.97 Å². The third-order valence-electron chi connectivity index (χ3n) is 10.8. The van der Waals surface area contributed by atoms with E-state index in [-0.39, 0.29) is 12.4 Å². The zero-order valence-corrected chi connectivity index (χ0v) is 28.1. The second-order valence-electron chi connectivity index (χ2n) is 13.4. The van der Waals surface area contributed by atoms with Gasteiger partial charge in [0.1, 0.15) is 0 Å². The summed E-state index contributed by atoms with van der Waals surface area (Å²) in [5.41, 5.74) is 4.34. The molecule has 8 rings (SSSR count). The number of imide groups is 1. The molecule has 2 amide bonds. The van der Waals surface area contributed by atoms with Crippen LogP contribution in [0.2, 0.25) is 0 Å². The molecule has 1 saturated heterocycles. The van der Waals surface area contributed by atoms with Crippen molar-refractivity contribution in [2.75, 3.05) is 11.5 Å². The molecular formula is C44H35NO5. The molecule has 3 aliphatic rings. The van der Waals surface area contributed by atoms with E-state index in [2.05, 4.69) is 0 Å². The number of benzene rings is 5. The lowest BCUT2D eigenvalue weighted by Crippen LogP contribution is -2.45. The first-order valence-electron chi connectivity index (χ1n) is 17.0. The number of ether oxygens (including phenoxy) is 1. The normalized spacial score (nSPS) is 23.8. The van der Waals surface area contributed by atoms with E-state index in [4.69, 9.17) is 4.74 Å². The lowest BCUT2D eigenvalue weighted by atomic mass is 9.59. The molecule has 246 valence electrons. The maximum Gasteiger partial charge on any atom is 0.338 e. The molecule has 0 aromatic heterocycles. The Morgan fingerprint density at radius 2 is 1.02 bits per heavy atom. The highest BCUT2D eigenvalue weighted by Crippen LogP contribution is 2.74. The molecule has 6 heteroatoms. The van der Waals surface area contributed by atoms with Crippen molar-refractivity contribution in [1.82, 2.24) is 0 Å². The third-order valence-corrected chi connectivity index (χ3v) is 10.8. The van der Waals surface area contributed by atoms with Gasteiger partial charge in [-0.15, -0.1) is 0 Å². The van der Waals surface area contributed by atoms with Gasteiger partial charge in [-0.25, -0.2) is 9.69 Å². The molecule has 0 unspecified atom stereocenters. The van der Waals surface area contributed by atoms with E-state index in [0.717, 1.165) is 33.4 Å². The van der Waals surface area contributed by atoms with E-state index >= 15 is 14.4 Å². The van der Waals surface area contributed by atoms with E-state index in [9.17, 15) is 4.79 Å². The standard InChI is InChI=1S/C44H35NO5/c1-4-50-41(48)31-23-25-34(26-24-31)45-39(46)37-38(40(45)47)44(33-13-9-6-10-14-33)36(30-21-17-28(3)18-22-30)35(29-19-15-27(2)16-20-29)43(37,42(44)49)32-11-7-5-8-12-32/h5-26,37-38H,4H2,1-3H3/t37-,38-,43-,44-/m0/s1. The molecule has 4 atom stereocenters. The van der Waals surface area contributed by atoms with E-state index in [1.165, 1.54) is 4.90 Å². The van der Waals surface area contributed by atoms with Crippen molar-refractivity contribution in [3.8, 4) is 0 Å². The number of amides is 2. The predicted octanol–water partition coefficient (Wildman–Crippen LogP) is 7.67. The molecule has 50 heavy (non-hydrogen) atoms. The number of fused-ring (bicyclic) bond motifs is 5. The maximum atomic E-state index is 16.0. The van der Waals surface area contributed by atoms with Crippen molar-refractivity contribution in [2.24, 2.45) is 11.8 Å². The zero-order valence-electron chi connectivity index (χ0n) is 28.1. The first kappa shape index (κ1) is 31.4. The Labute approximate surface area is 291 Å². The largest absolute Gasteiger partial charge is 0.462 e. The molecule has 2 bridgehead atoms. The van der Waals surface area contributed by atoms with Gasteiger partial charge in [-0.2, -0.15) is 0 Å². The summed E-state index contributed by atoms with van der Waals surface area (Å²) < 4.78 is 5.16. The van der Waals surface area contributed by atoms with Crippen LogP contribution < -0.4 is 4.90 Å². The van der Waals surface area contributed by atoms with Crippen LogP contribution in [-0.2, 0) is 30.0 Å². The van der Waals surface area contributed by atoms with Crippen LogP contribution in [0.5, 0.6) is 0 Å².